The zero-order chi connectivity index (χ0) is 28.4. The summed E-state index contributed by atoms with van der Waals surface area (Å²) in [6.07, 6.45) is 3.26. The quantitative estimate of drug-likeness (QED) is 0.283. The Balaban J connectivity index is 1.51. The highest BCUT2D eigenvalue weighted by Gasteiger charge is 2.22. The number of nitrogens with zero attached hydrogens (tertiary/aromatic N) is 3. The summed E-state index contributed by atoms with van der Waals surface area (Å²) in [5.41, 5.74) is 11.7. The maximum Gasteiger partial charge on any atom is 0.248 e. The third kappa shape index (κ3) is 5.73. The highest BCUT2D eigenvalue weighted by atomic mass is 19.1. The number of hydrogen-bond donors (Lipinski definition) is 2. The maximum absolute atomic E-state index is 14.1. The Bertz CT molecular complexity index is 1730. The Hall–Kier alpha value is -4.92. The van der Waals surface area contributed by atoms with Crippen LogP contribution in [0, 0.1) is 25.5 Å². The van der Waals surface area contributed by atoms with Gasteiger partial charge in [0, 0.05) is 23.4 Å². The number of fused-ring (bicyclic) bond motifs is 1. The minimum atomic E-state index is -0.749. The average molecular weight is 540 g/mol. The van der Waals surface area contributed by atoms with E-state index in [0.29, 0.717) is 27.9 Å². The molecule has 0 radical (unpaired) electrons. The van der Waals surface area contributed by atoms with E-state index in [1.165, 1.54) is 12.1 Å². The molecule has 0 saturated heterocycles. The van der Waals surface area contributed by atoms with Crippen LogP contribution in [0.2, 0.25) is 0 Å². The Morgan fingerprint density at radius 2 is 1.70 bits per heavy atom. The molecule has 5 rings (SSSR count). The van der Waals surface area contributed by atoms with Crippen molar-refractivity contribution in [2.24, 2.45) is 5.73 Å². The van der Waals surface area contributed by atoms with Crippen molar-refractivity contribution in [3.05, 3.63) is 119 Å². The van der Waals surface area contributed by atoms with Crippen LogP contribution < -0.4 is 11.1 Å². The number of hydrogen-bond acceptors (Lipinski definition) is 4. The fourth-order valence-electron chi connectivity index (χ4n) is 4.79. The molecule has 0 aliphatic rings. The van der Waals surface area contributed by atoms with Crippen LogP contribution in [0.25, 0.3) is 22.2 Å². The number of nitrogens with two attached hydrogens (primary N) is 1. The SMILES string of the molecule is Cc1cc2ncn(CC(=O)NC(Cc3cc(F)cc(F)c3)c3ncccc3-c3cccc(C(N)=O)c3)c2cc1C. The number of carbonyl (C=O) groups is 2. The lowest BCUT2D eigenvalue weighted by atomic mass is 9.94. The normalized spacial score (nSPS) is 11.9. The van der Waals surface area contributed by atoms with Crippen LogP contribution in [0.3, 0.4) is 0 Å². The van der Waals surface area contributed by atoms with Gasteiger partial charge < -0.3 is 15.6 Å². The molecule has 0 fully saturated rings. The first-order valence-corrected chi connectivity index (χ1v) is 12.7. The highest BCUT2D eigenvalue weighted by molar-refractivity contribution is 5.94. The van der Waals surface area contributed by atoms with Crippen molar-refractivity contribution in [1.82, 2.24) is 19.9 Å². The van der Waals surface area contributed by atoms with Gasteiger partial charge >= 0.3 is 0 Å². The molecule has 0 saturated carbocycles. The van der Waals surface area contributed by atoms with E-state index in [2.05, 4.69) is 15.3 Å². The largest absolute Gasteiger partial charge is 0.366 e. The van der Waals surface area contributed by atoms with Gasteiger partial charge in [0.25, 0.3) is 0 Å². The molecule has 7 nitrogen and oxygen atoms in total. The summed E-state index contributed by atoms with van der Waals surface area (Å²) in [5.74, 6) is -2.34. The predicted octanol–water partition coefficient (Wildman–Crippen LogP) is 5.19. The first kappa shape index (κ1) is 26.7. The van der Waals surface area contributed by atoms with Gasteiger partial charge in [0.15, 0.2) is 0 Å². The van der Waals surface area contributed by atoms with Crippen molar-refractivity contribution in [1.29, 1.82) is 0 Å². The van der Waals surface area contributed by atoms with Gasteiger partial charge in [0.1, 0.15) is 18.2 Å². The van der Waals surface area contributed by atoms with Gasteiger partial charge in [-0.3, -0.25) is 14.6 Å². The molecule has 1 atom stereocenters. The van der Waals surface area contributed by atoms with E-state index >= 15 is 0 Å². The summed E-state index contributed by atoms with van der Waals surface area (Å²) in [7, 11) is 0. The Labute approximate surface area is 229 Å². The lowest BCUT2D eigenvalue weighted by Gasteiger charge is -2.22. The van der Waals surface area contributed by atoms with Crippen LogP contribution in [-0.4, -0.2) is 26.3 Å². The molecule has 5 aromatic rings. The average Bonchev–Trinajstić information content (AvgIpc) is 3.28. The molecule has 0 aliphatic carbocycles. The summed E-state index contributed by atoms with van der Waals surface area (Å²) in [6, 6.07) is 16.8. The monoisotopic (exact) mass is 539 g/mol. The van der Waals surface area contributed by atoms with E-state index in [1.807, 2.05) is 32.0 Å². The number of rotatable bonds is 8. The van der Waals surface area contributed by atoms with E-state index in [0.717, 1.165) is 28.2 Å². The molecule has 1 unspecified atom stereocenters. The van der Waals surface area contributed by atoms with Gasteiger partial charge in [0.05, 0.1) is 29.1 Å². The maximum atomic E-state index is 14.1. The van der Waals surface area contributed by atoms with Crippen LogP contribution in [0.5, 0.6) is 0 Å². The summed E-state index contributed by atoms with van der Waals surface area (Å²) >= 11 is 0. The van der Waals surface area contributed by atoms with Gasteiger partial charge in [-0.2, -0.15) is 0 Å². The fraction of sp³-hybridized carbons (Fsp3) is 0.161. The summed E-state index contributed by atoms with van der Waals surface area (Å²) in [4.78, 5) is 34.2. The number of halogens is 2. The van der Waals surface area contributed by atoms with Crippen molar-refractivity contribution in [2.45, 2.75) is 32.9 Å². The number of carbonyl (C=O) groups excluding carboxylic acids is 2. The molecule has 2 amide bonds. The molecule has 2 heterocycles. The summed E-state index contributed by atoms with van der Waals surface area (Å²) in [5, 5.41) is 3.01. The van der Waals surface area contributed by atoms with Crippen molar-refractivity contribution in [3.8, 4) is 11.1 Å². The van der Waals surface area contributed by atoms with E-state index in [9.17, 15) is 18.4 Å². The third-order valence-electron chi connectivity index (χ3n) is 6.87. The molecule has 3 aromatic carbocycles. The number of nitrogens with one attached hydrogen (secondary N) is 1. The van der Waals surface area contributed by atoms with Crippen molar-refractivity contribution >= 4 is 22.8 Å². The molecule has 3 N–H and O–H groups in total. The van der Waals surface area contributed by atoms with Crippen LogP contribution in [0.1, 0.15) is 38.8 Å². The van der Waals surface area contributed by atoms with Crippen molar-refractivity contribution < 1.29 is 18.4 Å². The van der Waals surface area contributed by atoms with E-state index < -0.39 is 23.6 Å². The summed E-state index contributed by atoms with van der Waals surface area (Å²) < 4.78 is 29.9. The van der Waals surface area contributed by atoms with Crippen LogP contribution in [-0.2, 0) is 17.8 Å². The number of imidazole rings is 1. The second-order valence-corrected chi connectivity index (χ2v) is 9.78. The molecule has 9 heteroatoms. The molecular weight excluding hydrogens is 512 g/mol. The number of amides is 2. The number of benzene rings is 3. The predicted molar refractivity (Wildman–Crippen MR) is 148 cm³/mol. The van der Waals surface area contributed by atoms with E-state index in [-0.39, 0.29) is 18.9 Å². The minimum absolute atomic E-state index is 0.0215. The molecule has 202 valence electrons. The van der Waals surface area contributed by atoms with E-state index in [4.69, 9.17) is 5.73 Å². The first-order valence-electron chi connectivity index (χ1n) is 12.7. The lowest BCUT2D eigenvalue weighted by Crippen LogP contribution is -2.33. The van der Waals surface area contributed by atoms with Gasteiger partial charge in [0.2, 0.25) is 11.8 Å². The third-order valence-corrected chi connectivity index (χ3v) is 6.87. The zero-order valence-corrected chi connectivity index (χ0v) is 22.0. The van der Waals surface area contributed by atoms with Crippen LogP contribution in [0.4, 0.5) is 8.78 Å². The first-order chi connectivity index (χ1) is 19.2. The molecular formula is C31H27F2N5O2. The Morgan fingerprint density at radius 3 is 2.45 bits per heavy atom. The summed E-state index contributed by atoms with van der Waals surface area (Å²) in [6.45, 7) is 3.98. The van der Waals surface area contributed by atoms with Crippen LogP contribution in [0.15, 0.2) is 79.3 Å². The second-order valence-electron chi connectivity index (χ2n) is 9.78. The topological polar surface area (TPSA) is 103 Å². The standard InChI is InChI=1S/C31H27F2N5O2/c1-18-9-26-28(10-19(18)2)38(17-36-26)16-29(39)37-27(13-20-11-23(32)15-24(33)12-20)30-25(7-4-8-35-30)21-5-3-6-22(14-21)31(34)40/h3-12,14-15,17,27H,13,16H2,1-2H3,(H2,34,40)(H,37,39). The number of aromatic nitrogens is 3. The van der Waals surface area contributed by atoms with Gasteiger partial charge in [-0.15, -0.1) is 0 Å². The van der Waals surface area contributed by atoms with Gasteiger partial charge in [-0.05, 0) is 85.0 Å². The van der Waals surface area contributed by atoms with Crippen molar-refractivity contribution in [3.63, 3.8) is 0 Å². The highest BCUT2D eigenvalue weighted by Crippen LogP contribution is 2.30. The number of pyridine rings is 1. The number of aryl methyl sites for hydroxylation is 2. The van der Waals surface area contributed by atoms with Crippen molar-refractivity contribution in [2.75, 3.05) is 0 Å². The van der Waals surface area contributed by atoms with Gasteiger partial charge in [-0.1, -0.05) is 18.2 Å². The van der Waals surface area contributed by atoms with Crippen LogP contribution >= 0.6 is 0 Å². The fourth-order valence-corrected chi connectivity index (χ4v) is 4.79. The molecule has 40 heavy (non-hydrogen) atoms. The number of primary amides is 1. The second kappa shape index (κ2) is 11.1. The Morgan fingerprint density at radius 1 is 0.950 bits per heavy atom. The zero-order valence-electron chi connectivity index (χ0n) is 22.0. The smallest absolute Gasteiger partial charge is 0.248 e. The molecule has 0 spiro atoms. The molecule has 2 aromatic heterocycles. The minimum Gasteiger partial charge on any atom is -0.366 e. The molecule has 0 aliphatic heterocycles. The van der Waals surface area contributed by atoms with E-state index in [1.54, 1.807) is 47.4 Å². The van der Waals surface area contributed by atoms with Gasteiger partial charge in [-0.25, -0.2) is 13.8 Å². The molecule has 0 bridgehead atoms. The Kier molecular flexibility index (Phi) is 7.37. The lowest BCUT2D eigenvalue weighted by molar-refractivity contribution is -0.122.